The molecule has 3 N–H and O–H groups in total. The number of anilines is 1. The minimum atomic E-state index is -0.490. The predicted octanol–water partition coefficient (Wildman–Crippen LogP) is 2.77. The molecule has 1 saturated heterocycles. The van der Waals surface area contributed by atoms with Gasteiger partial charge in [-0.2, -0.15) is 0 Å². The van der Waals surface area contributed by atoms with Crippen molar-refractivity contribution in [3.8, 4) is 0 Å². The SMILES string of the molecule is CCCC(N)C(=O)Nc1ccc(C(=O)N2CCCCC2C)cc1. The lowest BCUT2D eigenvalue weighted by molar-refractivity contribution is -0.117. The van der Waals surface area contributed by atoms with Gasteiger partial charge in [-0.25, -0.2) is 0 Å². The van der Waals surface area contributed by atoms with E-state index in [-0.39, 0.29) is 11.8 Å². The molecule has 0 aromatic heterocycles. The Labute approximate surface area is 138 Å². The van der Waals surface area contributed by atoms with Crippen LogP contribution in [0.25, 0.3) is 0 Å². The zero-order valence-electron chi connectivity index (χ0n) is 14.0. The third-order valence-electron chi connectivity index (χ3n) is 4.40. The van der Waals surface area contributed by atoms with Gasteiger partial charge in [-0.3, -0.25) is 9.59 Å². The molecular weight excluding hydrogens is 290 g/mol. The lowest BCUT2D eigenvalue weighted by Gasteiger charge is -2.33. The second-order valence-corrected chi connectivity index (χ2v) is 6.31. The van der Waals surface area contributed by atoms with Gasteiger partial charge in [0, 0.05) is 23.8 Å². The Hall–Kier alpha value is -1.88. The predicted molar refractivity (Wildman–Crippen MR) is 92.3 cm³/mol. The van der Waals surface area contributed by atoms with Crippen LogP contribution in [0.5, 0.6) is 0 Å². The minimum Gasteiger partial charge on any atom is -0.336 e. The van der Waals surface area contributed by atoms with E-state index in [1.54, 1.807) is 24.3 Å². The molecule has 2 amide bonds. The second-order valence-electron chi connectivity index (χ2n) is 6.31. The molecule has 5 nitrogen and oxygen atoms in total. The third kappa shape index (κ3) is 4.55. The molecule has 0 spiro atoms. The van der Waals surface area contributed by atoms with E-state index in [0.717, 1.165) is 25.8 Å². The summed E-state index contributed by atoms with van der Waals surface area (Å²) >= 11 is 0. The molecular formula is C18H27N3O2. The van der Waals surface area contributed by atoms with Crippen molar-refractivity contribution in [3.63, 3.8) is 0 Å². The van der Waals surface area contributed by atoms with Crippen LogP contribution in [0, 0.1) is 0 Å². The van der Waals surface area contributed by atoms with Gasteiger partial charge in [0.15, 0.2) is 0 Å². The molecule has 1 heterocycles. The molecule has 1 aliphatic rings. The van der Waals surface area contributed by atoms with Crippen molar-refractivity contribution in [1.29, 1.82) is 0 Å². The number of nitrogens with two attached hydrogens (primary N) is 1. The van der Waals surface area contributed by atoms with Crippen molar-refractivity contribution in [1.82, 2.24) is 4.90 Å². The summed E-state index contributed by atoms with van der Waals surface area (Å²) in [5.41, 5.74) is 7.13. The average molecular weight is 317 g/mol. The summed E-state index contributed by atoms with van der Waals surface area (Å²) in [5, 5.41) is 2.79. The summed E-state index contributed by atoms with van der Waals surface area (Å²) in [6.07, 6.45) is 4.86. The molecule has 5 heteroatoms. The molecule has 2 atom stereocenters. The molecule has 2 unspecified atom stereocenters. The maximum Gasteiger partial charge on any atom is 0.254 e. The van der Waals surface area contributed by atoms with Gasteiger partial charge in [0.1, 0.15) is 0 Å². The van der Waals surface area contributed by atoms with Crippen molar-refractivity contribution in [3.05, 3.63) is 29.8 Å². The Morgan fingerprint density at radius 1 is 1.30 bits per heavy atom. The van der Waals surface area contributed by atoms with E-state index >= 15 is 0 Å². The first kappa shape index (κ1) is 17.5. The van der Waals surface area contributed by atoms with Crippen LogP contribution in [0.15, 0.2) is 24.3 Å². The number of piperidine rings is 1. The summed E-state index contributed by atoms with van der Waals surface area (Å²) in [6, 6.07) is 6.87. The Balaban J connectivity index is 1.98. The average Bonchev–Trinajstić information content (AvgIpc) is 2.55. The normalized spacial score (nSPS) is 19.3. The van der Waals surface area contributed by atoms with Gasteiger partial charge < -0.3 is 16.0 Å². The number of hydrogen-bond donors (Lipinski definition) is 2. The van der Waals surface area contributed by atoms with Crippen LogP contribution in [-0.2, 0) is 4.79 Å². The number of nitrogens with one attached hydrogen (secondary N) is 1. The maximum absolute atomic E-state index is 12.6. The maximum atomic E-state index is 12.6. The van der Waals surface area contributed by atoms with Crippen LogP contribution in [-0.4, -0.2) is 35.3 Å². The monoisotopic (exact) mass is 317 g/mol. The van der Waals surface area contributed by atoms with E-state index in [9.17, 15) is 9.59 Å². The van der Waals surface area contributed by atoms with Crippen LogP contribution >= 0.6 is 0 Å². The van der Waals surface area contributed by atoms with Crippen molar-refractivity contribution in [2.45, 2.75) is 58.0 Å². The Bertz CT molecular complexity index is 542. The Morgan fingerprint density at radius 3 is 2.61 bits per heavy atom. The number of benzene rings is 1. The molecule has 0 saturated carbocycles. The third-order valence-corrected chi connectivity index (χ3v) is 4.40. The number of likely N-dealkylation sites (tertiary alicyclic amines) is 1. The van der Waals surface area contributed by atoms with Gasteiger partial charge in [-0.15, -0.1) is 0 Å². The zero-order chi connectivity index (χ0) is 16.8. The standard InChI is InChI=1S/C18H27N3O2/c1-3-6-16(19)17(22)20-15-10-8-14(9-11-15)18(23)21-12-5-4-7-13(21)2/h8-11,13,16H,3-7,12,19H2,1-2H3,(H,20,22). The highest BCUT2D eigenvalue weighted by Gasteiger charge is 2.24. The fraction of sp³-hybridized carbons (Fsp3) is 0.556. The van der Waals surface area contributed by atoms with Gasteiger partial charge in [0.2, 0.25) is 5.91 Å². The molecule has 1 aromatic rings. The van der Waals surface area contributed by atoms with Crippen LogP contribution < -0.4 is 11.1 Å². The van der Waals surface area contributed by atoms with E-state index in [1.165, 1.54) is 6.42 Å². The minimum absolute atomic E-state index is 0.0674. The highest BCUT2D eigenvalue weighted by atomic mass is 16.2. The fourth-order valence-corrected chi connectivity index (χ4v) is 2.94. The van der Waals surface area contributed by atoms with E-state index in [4.69, 9.17) is 5.73 Å². The molecule has 2 rings (SSSR count). The quantitative estimate of drug-likeness (QED) is 0.877. The van der Waals surface area contributed by atoms with E-state index in [0.29, 0.717) is 23.7 Å². The number of hydrogen-bond acceptors (Lipinski definition) is 3. The second kappa shape index (κ2) is 8.11. The molecule has 0 radical (unpaired) electrons. The van der Waals surface area contributed by atoms with Crippen LogP contribution in [0.1, 0.15) is 56.3 Å². The molecule has 1 aromatic carbocycles. The topological polar surface area (TPSA) is 75.4 Å². The molecule has 126 valence electrons. The van der Waals surface area contributed by atoms with Crippen molar-refractivity contribution >= 4 is 17.5 Å². The number of carbonyl (C=O) groups excluding carboxylic acids is 2. The number of carbonyl (C=O) groups is 2. The van der Waals surface area contributed by atoms with Gasteiger partial charge in [-0.05, 0) is 56.9 Å². The van der Waals surface area contributed by atoms with Crippen molar-refractivity contribution in [2.24, 2.45) is 5.73 Å². The highest BCUT2D eigenvalue weighted by Crippen LogP contribution is 2.20. The molecule has 23 heavy (non-hydrogen) atoms. The van der Waals surface area contributed by atoms with Crippen LogP contribution in [0.3, 0.4) is 0 Å². The highest BCUT2D eigenvalue weighted by molar-refractivity contribution is 5.97. The lowest BCUT2D eigenvalue weighted by Crippen LogP contribution is -2.42. The summed E-state index contributed by atoms with van der Waals surface area (Å²) in [4.78, 5) is 26.4. The summed E-state index contributed by atoms with van der Waals surface area (Å²) < 4.78 is 0. The smallest absolute Gasteiger partial charge is 0.254 e. The lowest BCUT2D eigenvalue weighted by atomic mass is 10.0. The first-order valence-corrected chi connectivity index (χ1v) is 8.50. The van der Waals surface area contributed by atoms with Crippen LogP contribution in [0.4, 0.5) is 5.69 Å². The number of amides is 2. The molecule has 1 aliphatic heterocycles. The fourth-order valence-electron chi connectivity index (χ4n) is 2.94. The van der Waals surface area contributed by atoms with E-state index in [1.807, 2.05) is 11.8 Å². The Morgan fingerprint density at radius 2 is 2.00 bits per heavy atom. The summed E-state index contributed by atoms with van der Waals surface area (Å²) in [6.45, 7) is 4.92. The van der Waals surface area contributed by atoms with E-state index in [2.05, 4.69) is 12.2 Å². The van der Waals surface area contributed by atoms with Crippen molar-refractivity contribution in [2.75, 3.05) is 11.9 Å². The molecule has 0 bridgehead atoms. The number of nitrogens with zero attached hydrogens (tertiary/aromatic N) is 1. The van der Waals surface area contributed by atoms with Gasteiger partial charge in [-0.1, -0.05) is 13.3 Å². The largest absolute Gasteiger partial charge is 0.336 e. The Kier molecular flexibility index (Phi) is 6.16. The van der Waals surface area contributed by atoms with E-state index < -0.39 is 6.04 Å². The van der Waals surface area contributed by atoms with Gasteiger partial charge in [0.25, 0.3) is 5.91 Å². The molecule has 1 fully saturated rings. The summed E-state index contributed by atoms with van der Waals surface area (Å²) in [7, 11) is 0. The van der Waals surface area contributed by atoms with Crippen molar-refractivity contribution < 1.29 is 9.59 Å². The zero-order valence-corrected chi connectivity index (χ0v) is 14.0. The first-order chi connectivity index (χ1) is 11.0. The first-order valence-electron chi connectivity index (χ1n) is 8.50. The number of rotatable bonds is 5. The summed E-state index contributed by atoms with van der Waals surface area (Å²) in [5.74, 6) is -0.117. The van der Waals surface area contributed by atoms with Crippen LogP contribution in [0.2, 0.25) is 0 Å². The van der Waals surface area contributed by atoms with Gasteiger partial charge >= 0.3 is 0 Å². The van der Waals surface area contributed by atoms with Gasteiger partial charge in [0.05, 0.1) is 6.04 Å². The molecule has 0 aliphatic carbocycles.